The number of hydrogen-bond acceptors (Lipinski definition) is 3. The zero-order valence-corrected chi connectivity index (χ0v) is 18.9. The highest BCUT2D eigenvalue weighted by Crippen LogP contribution is 2.40. The molecule has 1 aromatic carbocycles. The highest BCUT2D eigenvalue weighted by molar-refractivity contribution is 5.96. The van der Waals surface area contributed by atoms with Crippen molar-refractivity contribution in [2.75, 3.05) is 13.7 Å². The molecule has 0 spiro atoms. The van der Waals surface area contributed by atoms with Gasteiger partial charge in [-0.25, -0.2) is 0 Å². The molecule has 4 rings (SSSR count). The third-order valence-corrected chi connectivity index (χ3v) is 5.78. The molecular weight excluding hydrogens is 386 g/mol. The number of rotatable bonds is 7. The van der Waals surface area contributed by atoms with Gasteiger partial charge in [-0.15, -0.1) is 0 Å². The second-order valence-corrected chi connectivity index (χ2v) is 8.44. The molecule has 0 fully saturated rings. The number of aliphatic hydroxyl groups excluding tert-OH is 1. The Labute approximate surface area is 183 Å². The summed E-state index contributed by atoms with van der Waals surface area (Å²) in [6.45, 7) is 9.08. The molecule has 2 heterocycles. The molecule has 0 amide bonds. The van der Waals surface area contributed by atoms with E-state index in [1.807, 2.05) is 6.07 Å². The Balaban J connectivity index is 1.88. The number of methoxy groups -OCH3 is 1. The summed E-state index contributed by atoms with van der Waals surface area (Å²) in [4.78, 5) is 7.00. The van der Waals surface area contributed by atoms with Crippen LogP contribution in [0, 0.1) is 13.8 Å². The van der Waals surface area contributed by atoms with Crippen molar-refractivity contribution in [2.24, 2.45) is 0 Å². The molecule has 1 aliphatic carbocycles. The molecule has 4 N–H and O–H groups in total. The minimum atomic E-state index is -0.0957. The molecule has 0 saturated heterocycles. The lowest BCUT2D eigenvalue weighted by Crippen LogP contribution is -2.22. The van der Waals surface area contributed by atoms with Crippen LogP contribution in [0.2, 0.25) is 0 Å². The predicted molar refractivity (Wildman–Crippen MR) is 128 cm³/mol. The van der Waals surface area contributed by atoms with E-state index in [1.165, 1.54) is 16.5 Å². The van der Waals surface area contributed by atoms with Gasteiger partial charge in [-0.3, -0.25) is 0 Å². The normalized spacial score (nSPS) is 15.6. The van der Waals surface area contributed by atoms with Gasteiger partial charge < -0.3 is 25.1 Å². The van der Waals surface area contributed by atoms with Gasteiger partial charge >= 0.3 is 0 Å². The maximum atomic E-state index is 10.3. The Kier molecular flexibility index (Phi) is 5.90. The SMILES string of the molecule is COC1=C(CO)C(c2[nH]c3ccccc3c2CNC(C)C)=C/C1=C\c1[nH]c(C)cc1C. The first kappa shape index (κ1) is 21.2. The van der Waals surface area contributed by atoms with Crippen molar-refractivity contribution in [1.82, 2.24) is 15.3 Å². The van der Waals surface area contributed by atoms with Gasteiger partial charge in [0.1, 0.15) is 5.76 Å². The first-order chi connectivity index (χ1) is 14.9. The summed E-state index contributed by atoms with van der Waals surface area (Å²) in [6, 6.07) is 10.8. The highest BCUT2D eigenvalue weighted by atomic mass is 16.5. The summed E-state index contributed by atoms with van der Waals surface area (Å²) in [6.07, 6.45) is 4.21. The van der Waals surface area contributed by atoms with Crippen molar-refractivity contribution in [3.8, 4) is 0 Å². The monoisotopic (exact) mass is 417 g/mol. The Morgan fingerprint density at radius 1 is 1.16 bits per heavy atom. The molecule has 0 saturated carbocycles. The fraction of sp³-hybridized carbons (Fsp3) is 0.308. The second-order valence-electron chi connectivity index (χ2n) is 8.44. The number of aryl methyl sites for hydroxylation is 2. The number of benzene rings is 1. The molecule has 1 aliphatic rings. The van der Waals surface area contributed by atoms with Gasteiger partial charge in [0, 0.05) is 51.6 Å². The summed E-state index contributed by atoms with van der Waals surface area (Å²) in [5, 5.41) is 15.0. The van der Waals surface area contributed by atoms with E-state index in [0.717, 1.165) is 45.9 Å². The maximum absolute atomic E-state index is 10.3. The Morgan fingerprint density at radius 3 is 2.58 bits per heavy atom. The minimum Gasteiger partial charge on any atom is -0.496 e. The topological polar surface area (TPSA) is 73.1 Å². The van der Waals surface area contributed by atoms with Crippen LogP contribution in [0.3, 0.4) is 0 Å². The van der Waals surface area contributed by atoms with Gasteiger partial charge in [0.05, 0.1) is 19.4 Å². The third-order valence-electron chi connectivity index (χ3n) is 5.78. The number of allylic oxidation sites excluding steroid dienone is 1. The van der Waals surface area contributed by atoms with Crippen LogP contribution < -0.4 is 5.32 Å². The Hall–Kier alpha value is -3.02. The maximum Gasteiger partial charge on any atom is 0.132 e. The van der Waals surface area contributed by atoms with Crippen LogP contribution in [-0.4, -0.2) is 34.8 Å². The van der Waals surface area contributed by atoms with Crippen LogP contribution in [0.1, 0.15) is 42.1 Å². The fourth-order valence-electron chi connectivity index (χ4n) is 4.31. The molecular formula is C26H31N3O2. The molecule has 31 heavy (non-hydrogen) atoms. The van der Waals surface area contributed by atoms with Gasteiger partial charge in [-0.2, -0.15) is 0 Å². The Morgan fingerprint density at radius 2 is 1.94 bits per heavy atom. The van der Waals surface area contributed by atoms with Crippen LogP contribution in [-0.2, 0) is 11.3 Å². The summed E-state index contributed by atoms with van der Waals surface area (Å²) < 4.78 is 5.77. The lowest BCUT2D eigenvalue weighted by Gasteiger charge is -2.12. The molecule has 5 nitrogen and oxygen atoms in total. The van der Waals surface area contributed by atoms with Gasteiger partial charge in [0.25, 0.3) is 0 Å². The van der Waals surface area contributed by atoms with Crippen molar-refractivity contribution < 1.29 is 9.84 Å². The number of nitrogens with one attached hydrogen (secondary N) is 3. The van der Waals surface area contributed by atoms with E-state index in [9.17, 15) is 5.11 Å². The number of aromatic nitrogens is 2. The molecule has 3 aromatic rings. The zero-order chi connectivity index (χ0) is 22.1. The first-order valence-electron chi connectivity index (χ1n) is 10.7. The molecule has 162 valence electrons. The molecule has 0 bridgehead atoms. The summed E-state index contributed by atoms with van der Waals surface area (Å²) >= 11 is 0. The highest BCUT2D eigenvalue weighted by Gasteiger charge is 2.27. The average Bonchev–Trinajstić information content (AvgIpc) is 3.38. The van der Waals surface area contributed by atoms with E-state index in [-0.39, 0.29) is 6.61 Å². The lowest BCUT2D eigenvalue weighted by molar-refractivity contribution is 0.283. The average molecular weight is 418 g/mol. The standard InChI is InChI=1S/C26H31N3O2/c1-15(2)27-13-21-19-8-6-7-9-23(19)29-25(21)20-11-18(26(31-5)22(20)14-30)12-24-16(3)10-17(4)28-24/h6-12,15,27-30H,13-14H2,1-5H3/b18-12+. The van der Waals surface area contributed by atoms with Crippen LogP contribution in [0.25, 0.3) is 22.6 Å². The van der Waals surface area contributed by atoms with Gasteiger partial charge in [0.2, 0.25) is 0 Å². The number of para-hydroxylation sites is 1. The number of hydrogen-bond donors (Lipinski definition) is 4. The van der Waals surface area contributed by atoms with Crippen LogP contribution in [0.15, 0.2) is 53.3 Å². The molecule has 0 radical (unpaired) electrons. The molecule has 2 aromatic heterocycles. The van der Waals surface area contributed by atoms with Crippen LogP contribution >= 0.6 is 0 Å². The molecule has 5 heteroatoms. The second kappa shape index (κ2) is 8.61. The Bertz CT molecular complexity index is 1200. The number of aromatic amines is 2. The minimum absolute atomic E-state index is 0.0957. The van der Waals surface area contributed by atoms with Crippen molar-refractivity contribution in [2.45, 2.75) is 40.3 Å². The first-order valence-corrected chi connectivity index (χ1v) is 10.7. The van der Waals surface area contributed by atoms with Gasteiger partial charge in [0.15, 0.2) is 0 Å². The van der Waals surface area contributed by atoms with Gasteiger partial charge in [-0.1, -0.05) is 32.0 Å². The molecule has 0 aliphatic heterocycles. The largest absolute Gasteiger partial charge is 0.496 e. The summed E-state index contributed by atoms with van der Waals surface area (Å²) in [7, 11) is 1.66. The van der Waals surface area contributed by atoms with E-state index in [2.05, 4.69) is 79.4 Å². The molecule has 0 atom stereocenters. The van der Waals surface area contributed by atoms with Gasteiger partial charge in [-0.05, 0) is 49.3 Å². The van der Waals surface area contributed by atoms with E-state index in [4.69, 9.17) is 4.74 Å². The van der Waals surface area contributed by atoms with Crippen molar-refractivity contribution >= 4 is 22.6 Å². The predicted octanol–water partition coefficient (Wildman–Crippen LogP) is 4.98. The van der Waals surface area contributed by atoms with Crippen molar-refractivity contribution in [3.05, 3.63) is 81.5 Å². The summed E-state index contributed by atoms with van der Waals surface area (Å²) in [5.74, 6) is 0.713. The van der Waals surface area contributed by atoms with Crippen molar-refractivity contribution in [1.29, 1.82) is 0 Å². The van der Waals surface area contributed by atoms with E-state index >= 15 is 0 Å². The fourth-order valence-corrected chi connectivity index (χ4v) is 4.31. The lowest BCUT2D eigenvalue weighted by atomic mass is 10.0. The smallest absolute Gasteiger partial charge is 0.132 e. The number of aliphatic hydroxyl groups is 1. The summed E-state index contributed by atoms with van der Waals surface area (Å²) in [5.41, 5.74) is 9.39. The van der Waals surface area contributed by atoms with E-state index in [0.29, 0.717) is 11.8 Å². The quantitative estimate of drug-likeness (QED) is 0.438. The van der Waals surface area contributed by atoms with Crippen LogP contribution in [0.5, 0.6) is 0 Å². The third kappa shape index (κ3) is 3.99. The van der Waals surface area contributed by atoms with Crippen molar-refractivity contribution in [3.63, 3.8) is 0 Å². The zero-order valence-electron chi connectivity index (χ0n) is 18.9. The number of fused-ring (bicyclic) bond motifs is 1. The van der Waals surface area contributed by atoms with Crippen LogP contribution in [0.4, 0.5) is 0 Å². The van der Waals surface area contributed by atoms with E-state index < -0.39 is 0 Å². The van der Waals surface area contributed by atoms with E-state index in [1.54, 1.807) is 7.11 Å². The molecule has 0 unspecified atom stereocenters. The number of H-pyrrole nitrogens is 2. The number of ether oxygens (including phenoxy) is 1.